The summed E-state index contributed by atoms with van der Waals surface area (Å²) in [6.45, 7) is 6.61. The number of rotatable bonds is 42. The molecule has 0 bridgehead atoms. The fourth-order valence-corrected chi connectivity index (χ4v) is 9.24. The van der Waals surface area contributed by atoms with Gasteiger partial charge in [0.25, 0.3) is 0 Å². The summed E-state index contributed by atoms with van der Waals surface area (Å²) in [5, 5.41) is 12.1. The van der Waals surface area contributed by atoms with E-state index >= 15 is 0 Å². The molecule has 0 atom stereocenters. The monoisotopic (exact) mass is 867 g/mol. The molecule has 2 amide bonds. The van der Waals surface area contributed by atoms with Crippen molar-refractivity contribution in [3.63, 3.8) is 0 Å². The van der Waals surface area contributed by atoms with Crippen molar-refractivity contribution >= 4 is 33.0 Å². The molecule has 4 N–H and O–H groups in total. The van der Waals surface area contributed by atoms with Crippen molar-refractivity contribution < 1.29 is 18.0 Å². The smallest absolute Gasteiger partial charge is 0.238 e. The van der Waals surface area contributed by atoms with Crippen molar-refractivity contribution in [3.05, 3.63) is 48.5 Å². The van der Waals surface area contributed by atoms with Gasteiger partial charge in [-0.05, 0) is 74.5 Å². The minimum absolute atomic E-state index is 0.141. The van der Waals surface area contributed by atoms with Crippen LogP contribution in [0, 0.1) is 0 Å². The van der Waals surface area contributed by atoms with Crippen molar-refractivity contribution in [3.8, 4) is 0 Å². The van der Waals surface area contributed by atoms with Gasteiger partial charge in [0, 0.05) is 11.4 Å². The van der Waals surface area contributed by atoms with Crippen LogP contribution < -0.4 is 21.3 Å². The predicted molar refractivity (Wildman–Crippen MR) is 260 cm³/mol. The molecule has 0 aromatic heterocycles. The zero-order valence-corrected chi connectivity index (χ0v) is 39.9. The number of nitrogens with one attached hydrogen (secondary N) is 4. The molecular weight excluding hydrogens is 777 g/mol. The van der Waals surface area contributed by atoms with Gasteiger partial charge in [0.1, 0.15) is 0 Å². The number of carbonyl (C=O) groups excluding carboxylic acids is 2. The van der Waals surface area contributed by atoms with Crippen LogP contribution in [-0.4, -0.2) is 46.4 Å². The SMILES string of the molecule is CCCCCCCCCCCCCCCCCCNCC(=O)Nc1ccc(S(=O)(=O)c2ccc(NC(=O)CNCCCCCCCCCCCCCCCCCC)cc2)cc1. The van der Waals surface area contributed by atoms with Crippen LogP contribution in [0.4, 0.5) is 11.4 Å². The summed E-state index contributed by atoms with van der Waals surface area (Å²) in [7, 11) is -3.76. The van der Waals surface area contributed by atoms with E-state index in [1.807, 2.05) is 0 Å². The molecule has 8 nitrogen and oxygen atoms in total. The Morgan fingerprint density at radius 1 is 0.361 bits per heavy atom. The molecule has 0 heterocycles. The van der Waals surface area contributed by atoms with E-state index in [2.05, 4.69) is 35.1 Å². The van der Waals surface area contributed by atoms with Crippen LogP contribution >= 0.6 is 0 Å². The Morgan fingerprint density at radius 3 is 0.836 bits per heavy atom. The van der Waals surface area contributed by atoms with Gasteiger partial charge in [0.2, 0.25) is 21.7 Å². The second-order valence-corrected chi connectivity index (χ2v) is 19.6. The summed E-state index contributed by atoms with van der Waals surface area (Å²) in [5.74, 6) is -0.305. The lowest BCUT2D eigenvalue weighted by atomic mass is 10.0. The zero-order valence-electron chi connectivity index (χ0n) is 39.1. The minimum Gasteiger partial charge on any atom is -0.325 e. The first-order valence-electron chi connectivity index (χ1n) is 25.3. The Balaban J connectivity index is 1.47. The lowest BCUT2D eigenvalue weighted by molar-refractivity contribution is -0.116. The summed E-state index contributed by atoms with van der Waals surface area (Å²) in [5.41, 5.74) is 1.10. The molecule has 0 saturated heterocycles. The maximum absolute atomic E-state index is 13.3. The fourth-order valence-electron chi connectivity index (χ4n) is 7.98. The van der Waals surface area contributed by atoms with Crippen LogP contribution in [-0.2, 0) is 19.4 Å². The normalized spacial score (nSPS) is 11.6. The summed E-state index contributed by atoms with van der Waals surface area (Å²) < 4.78 is 26.6. The van der Waals surface area contributed by atoms with E-state index in [0.717, 1.165) is 25.9 Å². The standard InChI is InChI=1S/C52H90N4O4S/c1-3-5-7-9-11-13-15-17-19-21-23-25-27-29-31-33-43-53-45-51(57)55-47-35-39-49(40-36-47)61(59,60)50-41-37-48(38-42-50)56-52(58)46-54-44-34-32-30-28-26-24-22-20-18-16-14-12-10-8-6-4-2/h35-42,53-54H,3-34,43-46H2,1-2H3,(H,55,57)(H,56,58). The van der Waals surface area contributed by atoms with Gasteiger partial charge in [0.15, 0.2) is 0 Å². The largest absolute Gasteiger partial charge is 0.325 e. The number of anilines is 2. The maximum Gasteiger partial charge on any atom is 0.238 e. The summed E-state index contributed by atoms with van der Waals surface area (Å²) in [6, 6.07) is 12.5. The van der Waals surface area contributed by atoms with Gasteiger partial charge in [-0.25, -0.2) is 8.42 Å². The van der Waals surface area contributed by atoms with E-state index in [1.165, 1.54) is 217 Å². The van der Waals surface area contributed by atoms with E-state index in [9.17, 15) is 18.0 Å². The molecule has 2 rings (SSSR count). The second-order valence-electron chi connectivity index (χ2n) is 17.6. The molecule has 0 radical (unpaired) electrons. The molecule has 0 fully saturated rings. The van der Waals surface area contributed by atoms with Crippen LogP contribution in [0.25, 0.3) is 0 Å². The van der Waals surface area contributed by atoms with Crippen LogP contribution in [0.1, 0.15) is 219 Å². The molecule has 2 aromatic carbocycles. The van der Waals surface area contributed by atoms with Gasteiger partial charge in [-0.3, -0.25) is 9.59 Å². The van der Waals surface area contributed by atoms with Gasteiger partial charge in [-0.2, -0.15) is 0 Å². The van der Waals surface area contributed by atoms with E-state index in [4.69, 9.17) is 0 Å². The summed E-state index contributed by atoms with van der Waals surface area (Å²) in [4.78, 5) is 25.2. The number of hydrogen-bond acceptors (Lipinski definition) is 6. The molecule has 0 aliphatic rings. The molecule has 0 aliphatic carbocycles. The molecule has 348 valence electrons. The molecule has 0 spiro atoms. The molecule has 2 aromatic rings. The molecule has 0 saturated carbocycles. The number of amides is 2. The highest BCUT2D eigenvalue weighted by atomic mass is 32.2. The van der Waals surface area contributed by atoms with Gasteiger partial charge in [0.05, 0.1) is 22.9 Å². The Kier molecular flexibility index (Phi) is 33.7. The first kappa shape index (κ1) is 54.4. The summed E-state index contributed by atoms with van der Waals surface area (Å²) >= 11 is 0. The minimum atomic E-state index is -3.76. The highest BCUT2D eigenvalue weighted by Gasteiger charge is 2.18. The van der Waals surface area contributed by atoms with Gasteiger partial charge >= 0.3 is 0 Å². The first-order valence-corrected chi connectivity index (χ1v) is 26.8. The van der Waals surface area contributed by atoms with Crippen molar-refractivity contribution in [2.24, 2.45) is 0 Å². The highest BCUT2D eigenvalue weighted by molar-refractivity contribution is 7.91. The quantitative estimate of drug-likeness (QED) is 0.0494. The Hall–Kier alpha value is -2.75. The third kappa shape index (κ3) is 29.3. The van der Waals surface area contributed by atoms with E-state index < -0.39 is 9.84 Å². The Labute approximate surface area is 374 Å². The van der Waals surface area contributed by atoms with Crippen molar-refractivity contribution in [1.29, 1.82) is 0 Å². The average Bonchev–Trinajstić information content (AvgIpc) is 3.26. The number of benzene rings is 2. The molecule has 9 heteroatoms. The van der Waals surface area contributed by atoms with Crippen LogP contribution in [0.3, 0.4) is 0 Å². The van der Waals surface area contributed by atoms with Crippen molar-refractivity contribution in [2.75, 3.05) is 36.8 Å². The lowest BCUT2D eigenvalue weighted by Gasteiger charge is -2.10. The van der Waals surface area contributed by atoms with Gasteiger partial charge in [-0.15, -0.1) is 0 Å². The second kappa shape index (κ2) is 37.8. The first-order chi connectivity index (χ1) is 29.9. The fraction of sp³-hybridized carbons (Fsp3) is 0.731. The number of hydrogen-bond donors (Lipinski definition) is 4. The topological polar surface area (TPSA) is 116 Å². The van der Waals surface area contributed by atoms with Gasteiger partial charge < -0.3 is 21.3 Å². The number of carbonyl (C=O) groups is 2. The van der Waals surface area contributed by atoms with E-state index in [1.54, 1.807) is 24.3 Å². The predicted octanol–water partition coefficient (Wildman–Crippen LogP) is 14.1. The Bertz CT molecular complexity index is 1350. The molecular formula is C52H90N4O4S. The van der Waals surface area contributed by atoms with Gasteiger partial charge in [-0.1, -0.05) is 206 Å². The van der Waals surface area contributed by atoms with Crippen LogP contribution in [0.5, 0.6) is 0 Å². The molecule has 0 aliphatic heterocycles. The van der Waals surface area contributed by atoms with Crippen LogP contribution in [0.2, 0.25) is 0 Å². The number of unbranched alkanes of at least 4 members (excludes halogenated alkanes) is 30. The van der Waals surface area contributed by atoms with Crippen molar-refractivity contribution in [1.82, 2.24) is 10.6 Å². The molecule has 61 heavy (non-hydrogen) atoms. The summed E-state index contributed by atoms with van der Waals surface area (Å²) in [6.07, 6.45) is 42.8. The third-order valence-electron chi connectivity index (χ3n) is 11.9. The Morgan fingerprint density at radius 2 is 0.590 bits per heavy atom. The third-order valence-corrected chi connectivity index (χ3v) is 13.7. The van der Waals surface area contributed by atoms with E-state index in [0.29, 0.717) is 11.4 Å². The van der Waals surface area contributed by atoms with E-state index in [-0.39, 0.29) is 34.7 Å². The zero-order chi connectivity index (χ0) is 43.9. The average molecular weight is 867 g/mol. The maximum atomic E-state index is 13.3. The highest BCUT2D eigenvalue weighted by Crippen LogP contribution is 2.24. The number of sulfone groups is 1. The lowest BCUT2D eigenvalue weighted by Crippen LogP contribution is -2.28. The molecule has 0 unspecified atom stereocenters. The van der Waals surface area contributed by atoms with Crippen molar-refractivity contribution in [2.45, 2.75) is 229 Å². The van der Waals surface area contributed by atoms with Crippen LogP contribution in [0.15, 0.2) is 58.3 Å².